The van der Waals surface area contributed by atoms with Gasteiger partial charge in [0.1, 0.15) is 0 Å². The van der Waals surface area contributed by atoms with Crippen molar-refractivity contribution in [2.75, 3.05) is 119 Å². The first-order valence-electron chi connectivity index (χ1n) is 11.2. The molecule has 2 atom stereocenters. The Kier molecular flexibility index (Phi) is 17.8. The summed E-state index contributed by atoms with van der Waals surface area (Å²) in [5, 5.41) is 8.54. The van der Waals surface area contributed by atoms with Gasteiger partial charge in [0.2, 0.25) is 0 Å². The highest BCUT2D eigenvalue weighted by molar-refractivity contribution is 4.56. The predicted molar refractivity (Wildman–Crippen MR) is 111 cm³/mol. The second kappa shape index (κ2) is 20.8. The topological polar surface area (TPSA) is 117 Å². The van der Waals surface area contributed by atoms with Crippen LogP contribution in [-0.4, -0.2) is 131 Å². The lowest BCUT2D eigenvalue weighted by Gasteiger charge is -2.16. The molecule has 2 rings (SSSR count). The van der Waals surface area contributed by atoms with Gasteiger partial charge in [0.15, 0.2) is 12.5 Å². The fourth-order valence-electron chi connectivity index (χ4n) is 2.55. The zero-order valence-corrected chi connectivity index (χ0v) is 18.9. The molecule has 2 unspecified atom stereocenters. The van der Waals surface area contributed by atoms with E-state index in [2.05, 4.69) is 10.2 Å². The van der Waals surface area contributed by atoms with Gasteiger partial charge in [-0.25, -0.2) is 0 Å². The number of ether oxygens (including phenoxy) is 10. The molecule has 0 aromatic carbocycles. The Morgan fingerprint density at radius 1 is 0.312 bits per heavy atom. The normalized spacial score (nSPS) is 28.8. The molecule has 0 radical (unpaired) electrons. The fraction of sp³-hybridized carbons (Fsp3) is 1.00. The van der Waals surface area contributed by atoms with Crippen LogP contribution >= 0.6 is 0 Å². The Hall–Kier alpha value is -0.800. The maximum absolute atomic E-state index is 5.74. The molecule has 188 valence electrons. The van der Waals surface area contributed by atoms with Gasteiger partial charge in [0.05, 0.1) is 119 Å². The highest BCUT2D eigenvalue weighted by atomic mass is 16.6. The summed E-state index contributed by atoms with van der Waals surface area (Å²) in [6, 6.07) is 0. The Morgan fingerprint density at radius 2 is 0.562 bits per heavy atom. The van der Waals surface area contributed by atoms with Crippen LogP contribution in [0.4, 0.5) is 0 Å². The van der Waals surface area contributed by atoms with Crippen molar-refractivity contribution in [3.8, 4) is 0 Å². The van der Waals surface area contributed by atoms with Crippen molar-refractivity contribution in [2.24, 2.45) is 10.2 Å². The van der Waals surface area contributed by atoms with E-state index in [9.17, 15) is 0 Å². The van der Waals surface area contributed by atoms with E-state index in [0.717, 1.165) is 0 Å². The highest BCUT2D eigenvalue weighted by Crippen LogP contribution is 2.04. The zero-order valence-electron chi connectivity index (χ0n) is 18.9. The van der Waals surface area contributed by atoms with Crippen LogP contribution in [0.2, 0.25) is 0 Å². The van der Waals surface area contributed by atoms with E-state index in [1.165, 1.54) is 0 Å². The van der Waals surface area contributed by atoms with Gasteiger partial charge in [0.25, 0.3) is 0 Å². The summed E-state index contributed by atoms with van der Waals surface area (Å²) in [4.78, 5) is 0. The molecular formula is C20H38N2O10. The third-order valence-corrected chi connectivity index (χ3v) is 4.15. The van der Waals surface area contributed by atoms with Crippen molar-refractivity contribution in [2.45, 2.75) is 12.5 Å². The van der Waals surface area contributed by atoms with Crippen LogP contribution in [-0.2, 0) is 47.4 Å². The van der Waals surface area contributed by atoms with Gasteiger partial charge in [-0.2, -0.15) is 10.2 Å². The highest BCUT2D eigenvalue weighted by Gasteiger charge is 2.13. The van der Waals surface area contributed by atoms with Crippen molar-refractivity contribution in [1.82, 2.24) is 0 Å². The van der Waals surface area contributed by atoms with Crippen LogP contribution in [0.25, 0.3) is 0 Å². The van der Waals surface area contributed by atoms with Gasteiger partial charge in [-0.15, -0.1) is 0 Å². The molecule has 0 amide bonds. The van der Waals surface area contributed by atoms with Gasteiger partial charge < -0.3 is 47.4 Å². The lowest BCUT2D eigenvalue weighted by molar-refractivity contribution is -0.0600. The number of rotatable bonds is 2. The fourth-order valence-corrected chi connectivity index (χ4v) is 2.55. The quantitative estimate of drug-likeness (QED) is 0.525. The summed E-state index contributed by atoms with van der Waals surface area (Å²) in [6.45, 7) is 7.98. The summed E-state index contributed by atoms with van der Waals surface area (Å²) in [6.07, 6.45) is -1.17. The van der Waals surface area contributed by atoms with Gasteiger partial charge >= 0.3 is 0 Å². The molecule has 0 saturated carbocycles. The van der Waals surface area contributed by atoms with Gasteiger partial charge in [-0.05, 0) is 0 Å². The van der Waals surface area contributed by atoms with Gasteiger partial charge in [-0.3, -0.25) is 0 Å². The molecule has 0 N–H and O–H groups in total. The first-order valence-corrected chi connectivity index (χ1v) is 11.2. The Balaban J connectivity index is 1.80. The molecular weight excluding hydrogens is 428 g/mol. The average molecular weight is 467 g/mol. The van der Waals surface area contributed by atoms with Crippen LogP contribution in [0.1, 0.15) is 0 Å². The smallest absolute Gasteiger partial charge is 0.191 e. The van der Waals surface area contributed by atoms with E-state index in [4.69, 9.17) is 47.4 Å². The molecule has 0 aromatic rings. The molecule has 2 aliphatic rings. The minimum absolute atomic E-state index is 0.244. The molecule has 12 heteroatoms. The Morgan fingerprint density at radius 3 is 0.875 bits per heavy atom. The Labute approximate surface area is 189 Å². The summed E-state index contributed by atoms with van der Waals surface area (Å²) in [5.74, 6) is 0. The van der Waals surface area contributed by atoms with Gasteiger partial charge in [-0.1, -0.05) is 0 Å². The SMILES string of the molecule is C1COCCOCC(N=NC2COCCOCCOCCOCCO2)OCCOCCO1. The zero-order chi connectivity index (χ0) is 22.4. The lowest BCUT2D eigenvalue weighted by Crippen LogP contribution is -2.24. The Bertz CT molecular complexity index is 377. The molecule has 2 aliphatic heterocycles. The predicted octanol–water partition coefficient (Wildman–Crippen LogP) is 0.284. The number of nitrogens with zero attached hydrogens (tertiary/aromatic N) is 2. The average Bonchev–Trinajstić information content (AvgIpc) is 2.82. The molecule has 0 bridgehead atoms. The molecule has 0 aliphatic carbocycles. The van der Waals surface area contributed by atoms with Crippen LogP contribution < -0.4 is 0 Å². The molecule has 12 nitrogen and oxygen atoms in total. The maximum atomic E-state index is 5.74. The van der Waals surface area contributed by atoms with Crippen LogP contribution in [0.3, 0.4) is 0 Å². The second-order valence-corrected chi connectivity index (χ2v) is 6.71. The minimum atomic E-state index is -0.586. The number of azo groups is 1. The molecule has 2 saturated heterocycles. The number of hydrogen-bond acceptors (Lipinski definition) is 12. The van der Waals surface area contributed by atoms with E-state index < -0.39 is 12.5 Å². The lowest BCUT2D eigenvalue weighted by atomic mass is 10.6. The van der Waals surface area contributed by atoms with Crippen LogP contribution in [0.5, 0.6) is 0 Å². The largest absolute Gasteiger partial charge is 0.377 e. The maximum Gasteiger partial charge on any atom is 0.191 e. The third kappa shape index (κ3) is 15.9. The molecule has 0 spiro atoms. The molecule has 2 fully saturated rings. The van der Waals surface area contributed by atoms with E-state index >= 15 is 0 Å². The van der Waals surface area contributed by atoms with Gasteiger partial charge in [0, 0.05) is 0 Å². The van der Waals surface area contributed by atoms with Crippen molar-refractivity contribution in [3.05, 3.63) is 0 Å². The van der Waals surface area contributed by atoms with Crippen LogP contribution in [0.15, 0.2) is 10.2 Å². The molecule has 2 heterocycles. The first kappa shape index (κ1) is 27.4. The number of hydrogen-bond donors (Lipinski definition) is 0. The monoisotopic (exact) mass is 466 g/mol. The van der Waals surface area contributed by atoms with E-state index in [-0.39, 0.29) is 13.2 Å². The summed E-state index contributed by atoms with van der Waals surface area (Å²) in [7, 11) is 0. The van der Waals surface area contributed by atoms with E-state index in [1.54, 1.807) is 0 Å². The second-order valence-electron chi connectivity index (χ2n) is 6.71. The van der Waals surface area contributed by atoms with Crippen molar-refractivity contribution in [3.63, 3.8) is 0 Å². The van der Waals surface area contributed by atoms with Crippen molar-refractivity contribution >= 4 is 0 Å². The third-order valence-electron chi connectivity index (χ3n) is 4.15. The first-order chi connectivity index (χ1) is 15.9. The molecule has 0 aromatic heterocycles. The van der Waals surface area contributed by atoms with Crippen LogP contribution in [0, 0.1) is 0 Å². The van der Waals surface area contributed by atoms with E-state index in [0.29, 0.717) is 106 Å². The molecule has 32 heavy (non-hydrogen) atoms. The van der Waals surface area contributed by atoms with Crippen molar-refractivity contribution in [1.29, 1.82) is 0 Å². The minimum Gasteiger partial charge on any atom is -0.377 e. The summed E-state index contributed by atoms with van der Waals surface area (Å²) >= 11 is 0. The van der Waals surface area contributed by atoms with Crippen molar-refractivity contribution < 1.29 is 47.4 Å². The summed E-state index contributed by atoms with van der Waals surface area (Å²) in [5.41, 5.74) is 0. The standard InChI is InChI=1S/C20H38N2O10/c1-3-25-9-11-29-17-19(31-15-13-27-7-5-23-1)21-22-20-18-30-12-10-26-4-2-24-6-8-28-14-16-32-20/h19-20H,1-18H2. The summed E-state index contributed by atoms with van der Waals surface area (Å²) < 4.78 is 55.3. The van der Waals surface area contributed by atoms with E-state index in [1.807, 2.05) is 0 Å².